The van der Waals surface area contributed by atoms with Crippen molar-refractivity contribution in [3.63, 3.8) is 0 Å². The highest BCUT2D eigenvalue weighted by atomic mass is 15.2. The van der Waals surface area contributed by atoms with E-state index in [1.54, 1.807) is 0 Å². The summed E-state index contributed by atoms with van der Waals surface area (Å²) in [7, 11) is 0. The van der Waals surface area contributed by atoms with Crippen LogP contribution in [0, 0.1) is 0 Å². The fourth-order valence-corrected chi connectivity index (χ4v) is 2.49. The molecule has 1 aromatic heterocycles. The SMILES string of the molecule is CC(C)[n+]1ccn(-c2ccccc2)c1-c1ccccc1. The summed E-state index contributed by atoms with van der Waals surface area (Å²) in [4.78, 5) is 0. The van der Waals surface area contributed by atoms with Gasteiger partial charge in [-0.25, -0.2) is 4.57 Å². The van der Waals surface area contributed by atoms with Crippen molar-refractivity contribution in [2.24, 2.45) is 0 Å². The summed E-state index contributed by atoms with van der Waals surface area (Å²) in [6.45, 7) is 4.42. The van der Waals surface area contributed by atoms with Crippen molar-refractivity contribution >= 4 is 0 Å². The average molecular weight is 263 g/mol. The molecule has 20 heavy (non-hydrogen) atoms. The van der Waals surface area contributed by atoms with Gasteiger partial charge in [-0.1, -0.05) is 36.4 Å². The quantitative estimate of drug-likeness (QED) is 0.631. The third kappa shape index (κ3) is 2.25. The zero-order chi connectivity index (χ0) is 13.9. The minimum absolute atomic E-state index is 0.426. The van der Waals surface area contributed by atoms with Crippen LogP contribution in [0.15, 0.2) is 73.1 Å². The van der Waals surface area contributed by atoms with E-state index in [4.69, 9.17) is 0 Å². The van der Waals surface area contributed by atoms with Crippen molar-refractivity contribution in [2.75, 3.05) is 0 Å². The first-order chi connectivity index (χ1) is 9.77. The van der Waals surface area contributed by atoms with Gasteiger partial charge in [-0.15, -0.1) is 0 Å². The largest absolute Gasteiger partial charge is 0.294 e. The van der Waals surface area contributed by atoms with Crippen molar-refractivity contribution in [2.45, 2.75) is 19.9 Å². The number of aromatic nitrogens is 2. The van der Waals surface area contributed by atoms with Gasteiger partial charge in [0, 0.05) is 0 Å². The molecular weight excluding hydrogens is 244 g/mol. The lowest BCUT2D eigenvalue weighted by atomic mass is 10.2. The number of imidazole rings is 1. The maximum Gasteiger partial charge on any atom is 0.294 e. The molecule has 0 saturated carbocycles. The van der Waals surface area contributed by atoms with Crippen molar-refractivity contribution < 1.29 is 4.57 Å². The van der Waals surface area contributed by atoms with Gasteiger partial charge in [0.2, 0.25) is 0 Å². The maximum absolute atomic E-state index is 2.31. The van der Waals surface area contributed by atoms with Crippen molar-refractivity contribution in [3.05, 3.63) is 73.1 Å². The second-order valence-corrected chi connectivity index (χ2v) is 5.19. The predicted octanol–water partition coefficient (Wildman–Crippen LogP) is 4.01. The van der Waals surface area contributed by atoms with Crippen LogP contribution in [0.4, 0.5) is 0 Å². The summed E-state index contributed by atoms with van der Waals surface area (Å²) in [6, 6.07) is 21.4. The van der Waals surface area contributed by atoms with E-state index in [9.17, 15) is 0 Å². The van der Waals surface area contributed by atoms with Crippen molar-refractivity contribution in [1.82, 2.24) is 4.57 Å². The van der Waals surface area contributed by atoms with E-state index in [0.717, 1.165) is 0 Å². The molecule has 0 atom stereocenters. The van der Waals surface area contributed by atoms with E-state index < -0.39 is 0 Å². The number of rotatable bonds is 3. The summed E-state index contributed by atoms with van der Waals surface area (Å²) in [5, 5.41) is 0. The Morgan fingerprint density at radius 1 is 0.850 bits per heavy atom. The molecule has 0 aliphatic rings. The molecule has 0 radical (unpaired) electrons. The zero-order valence-corrected chi connectivity index (χ0v) is 11.9. The van der Waals surface area contributed by atoms with Gasteiger partial charge in [-0.2, -0.15) is 4.57 Å². The van der Waals surface area contributed by atoms with Crippen LogP contribution in [-0.4, -0.2) is 4.57 Å². The molecule has 1 heterocycles. The van der Waals surface area contributed by atoms with E-state index in [1.165, 1.54) is 17.1 Å². The van der Waals surface area contributed by atoms with Gasteiger partial charge >= 0.3 is 0 Å². The Balaban J connectivity index is 2.22. The molecule has 3 rings (SSSR count). The van der Waals surface area contributed by atoms with Crippen molar-refractivity contribution in [1.29, 1.82) is 0 Å². The molecule has 2 nitrogen and oxygen atoms in total. The van der Waals surface area contributed by atoms with E-state index in [-0.39, 0.29) is 0 Å². The van der Waals surface area contributed by atoms with Gasteiger partial charge in [0.1, 0.15) is 18.1 Å². The zero-order valence-electron chi connectivity index (χ0n) is 11.9. The Kier molecular flexibility index (Phi) is 3.38. The molecular formula is C18H19N2+. The Morgan fingerprint density at radius 2 is 1.45 bits per heavy atom. The van der Waals surface area contributed by atoms with Gasteiger partial charge in [-0.3, -0.25) is 0 Å². The molecule has 0 aliphatic carbocycles. The minimum Gasteiger partial charge on any atom is -0.227 e. The number of hydrogen-bond donors (Lipinski definition) is 0. The number of nitrogens with zero attached hydrogens (tertiary/aromatic N) is 2. The highest BCUT2D eigenvalue weighted by Crippen LogP contribution is 2.21. The molecule has 100 valence electrons. The van der Waals surface area contributed by atoms with Crippen LogP contribution in [0.2, 0.25) is 0 Å². The molecule has 0 bridgehead atoms. The molecule has 2 heteroatoms. The van der Waals surface area contributed by atoms with Crippen LogP contribution in [0.3, 0.4) is 0 Å². The first-order valence-corrected chi connectivity index (χ1v) is 7.00. The fraction of sp³-hybridized carbons (Fsp3) is 0.167. The third-order valence-corrected chi connectivity index (χ3v) is 3.47. The molecule has 0 fully saturated rings. The lowest BCUT2D eigenvalue weighted by Crippen LogP contribution is -2.37. The van der Waals surface area contributed by atoms with Gasteiger partial charge < -0.3 is 0 Å². The Morgan fingerprint density at radius 3 is 2.05 bits per heavy atom. The summed E-state index contributed by atoms with van der Waals surface area (Å²) >= 11 is 0. The van der Waals surface area contributed by atoms with E-state index in [0.29, 0.717) is 6.04 Å². The summed E-state index contributed by atoms with van der Waals surface area (Å²) in [5.41, 5.74) is 2.42. The topological polar surface area (TPSA) is 8.81 Å². The smallest absolute Gasteiger partial charge is 0.227 e. The fourth-order valence-electron chi connectivity index (χ4n) is 2.49. The summed E-state index contributed by atoms with van der Waals surface area (Å²) in [6.07, 6.45) is 4.29. The molecule has 3 aromatic rings. The first-order valence-electron chi connectivity index (χ1n) is 7.00. The Hall–Kier alpha value is -2.35. The van der Waals surface area contributed by atoms with Crippen LogP contribution >= 0.6 is 0 Å². The molecule has 2 aromatic carbocycles. The Labute approximate surface area is 119 Å². The van der Waals surface area contributed by atoms with Crippen LogP contribution in [0.25, 0.3) is 17.1 Å². The summed E-state index contributed by atoms with van der Waals surface area (Å²) in [5.74, 6) is 1.21. The van der Waals surface area contributed by atoms with Crippen LogP contribution in [0.5, 0.6) is 0 Å². The normalized spacial score (nSPS) is 10.9. The highest BCUT2D eigenvalue weighted by Gasteiger charge is 2.22. The number of benzene rings is 2. The lowest BCUT2D eigenvalue weighted by Gasteiger charge is -2.07. The maximum atomic E-state index is 2.31. The standard InChI is InChI=1S/C18H19N2/c1-15(2)19-13-14-20(17-11-7-4-8-12-17)18(19)16-9-5-3-6-10-16/h3-15H,1-2H3/q+1. The molecule has 0 spiro atoms. The van der Waals surface area contributed by atoms with Gasteiger partial charge in [0.15, 0.2) is 0 Å². The predicted molar refractivity (Wildman–Crippen MR) is 81.8 cm³/mol. The van der Waals surface area contributed by atoms with E-state index >= 15 is 0 Å². The van der Waals surface area contributed by atoms with E-state index in [1.807, 2.05) is 6.07 Å². The monoisotopic (exact) mass is 263 g/mol. The molecule has 0 unspecified atom stereocenters. The molecule has 0 saturated heterocycles. The number of para-hydroxylation sites is 1. The number of hydrogen-bond acceptors (Lipinski definition) is 0. The van der Waals surface area contributed by atoms with Crippen LogP contribution in [-0.2, 0) is 0 Å². The van der Waals surface area contributed by atoms with Crippen molar-refractivity contribution in [3.8, 4) is 17.1 Å². The molecule has 0 N–H and O–H groups in total. The van der Waals surface area contributed by atoms with Crippen LogP contribution in [0.1, 0.15) is 19.9 Å². The molecule has 0 aliphatic heterocycles. The van der Waals surface area contributed by atoms with Gasteiger partial charge in [-0.05, 0) is 38.1 Å². The third-order valence-electron chi connectivity index (χ3n) is 3.47. The first kappa shape index (κ1) is 12.7. The highest BCUT2D eigenvalue weighted by molar-refractivity contribution is 5.55. The average Bonchev–Trinajstić information content (AvgIpc) is 2.94. The van der Waals surface area contributed by atoms with Gasteiger partial charge in [0.05, 0.1) is 11.6 Å². The lowest BCUT2D eigenvalue weighted by molar-refractivity contribution is -0.704. The van der Waals surface area contributed by atoms with Crippen LogP contribution < -0.4 is 4.57 Å². The minimum atomic E-state index is 0.426. The summed E-state index contributed by atoms with van der Waals surface area (Å²) < 4.78 is 4.55. The second kappa shape index (κ2) is 5.33. The molecule has 0 amide bonds. The second-order valence-electron chi connectivity index (χ2n) is 5.19. The van der Waals surface area contributed by atoms with Gasteiger partial charge in [0.25, 0.3) is 5.82 Å². The Bertz CT molecular complexity index is 682. The van der Waals surface area contributed by atoms with E-state index in [2.05, 4.69) is 90.0 Å².